The molecule has 8 heteroatoms. The van der Waals surface area contributed by atoms with Crippen LogP contribution in [0.2, 0.25) is 0 Å². The minimum absolute atomic E-state index is 0.221. The Balaban J connectivity index is 1.57. The van der Waals surface area contributed by atoms with E-state index in [-0.39, 0.29) is 18.0 Å². The van der Waals surface area contributed by atoms with Gasteiger partial charge in [0.25, 0.3) is 5.56 Å². The number of aryl methyl sites for hydroxylation is 1. The van der Waals surface area contributed by atoms with Crippen molar-refractivity contribution in [1.29, 1.82) is 0 Å². The van der Waals surface area contributed by atoms with Gasteiger partial charge in [0, 0.05) is 17.7 Å². The van der Waals surface area contributed by atoms with E-state index in [2.05, 4.69) is 5.32 Å². The van der Waals surface area contributed by atoms with E-state index in [1.807, 2.05) is 43.3 Å². The van der Waals surface area contributed by atoms with Crippen LogP contribution >= 0.6 is 0 Å². The third-order valence-corrected chi connectivity index (χ3v) is 5.86. The average molecular weight is 474 g/mol. The van der Waals surface area contributed by atoms with E-state index >= 15 is 0 Å². The van der Waals surface area contributed by atoms with Crippen LogP contribution in [0.4, 0.5) is 10.1 Å². The molecule has 0 aliphatic carbocycles. The first-order valence-corrected chi connectivity index (χ1v) is 11.3. The van der Waals surface area contributed by atoms with Crippen molar-refractivity contribution in [2.75, 3.05) is 11.9 Å². The fraction of sp³-hybridized carbons (Fsp3) is 0.185. The number of fused-ring (bicyclic) bond motifs is 2. The van der Waals surface area contributed by atoms with Gasteiger partial charge in [0.2, 0.25) is 11.8 Å². The molecule has 3 aromatic carbocycles. The van der Waals surface area contributed by atoms with E-state index in [1.54, 1.807) is 31.2 Å². The number of para-hydroxylation sites is 2. The molecule has 0 saturated carbocycles. The van der Waals surface area contributed by atoms with Crippen LogP contribution in [0.15, 0.2) is 71.5 Å². The van der Waals surface area contributed by atoms with Gasteiger partial charge >= 0.3 is 0 Å². The number of ether oxygens (including phenoxy) is 2. The zero-order valence-electron chi connectivity index (χ0n) is 19.4. The SMILES string of the molecule is CCOc1cccc2c1Oc1c(c(=O)n(-c3ccccc3)n1CC(=O)Nc1ccc(C)c(F)c1)C2. The van der Waals surface area contributed by atoms with Gasteiger partial charge in [-0.2, -0.15) is 0 Å². The van der Waals surface area contributed by atoms with Gasteiger partial charge in [0.05, 0.1) is 17.9 Å². The van der Waals surface area contributed by atoms with Crippen molar-refractivity contribution in [3.8, 4) is 23.1 Å². The zero-order chi connectivity index (χ0) is 24.5. The van der Waals surface area contributed by atoms with Crippen molar-refractivity contribution in [1.82, 2.24) is 9.36 Å². The fourth-order valence-corrected chi connectivity index (χ4v) is 4.19. The molecule has 1 aliphatic heterocycles. The molecule has 1 N–H and O–H groups in total. The highest BCUT2D eigenvalue weighted by atomic mass is 19.1. The number of aromatic nitrogens is 2. The summed E-state index contributed by atoms with van der Waals surface area (Å²) in [5.41, 5.74) is 2.42. The molecule has 178 valence electrons. The van der Waals surface area contributed by atoms with Crippen LogP contribution in [0.3, 0.4) is 0 Å². The van der Waals surface area contributed by atoms with Crippen molar-refractivity contribution in [2.24, 2.45) is 0 Å². The summed E-state index contributed by atoms with van der Waals surface area (Å²) >= 11 is 0. The lowest BCUT2D eigenvalue weighted by Gasteiger charge is -2.21. The van der Waals surface area contributed by atoms with Gasteiger partial charge in [0.1, 0.15) is 12.4 Å². The van der Waals surface area contributed by atoms with Crippen molar-refractivity contribution < 1.29 is 18.7 Å². The molecule has 4 aromatic rings. The monoisotopic (exact) mass is 473 g/mol. The molecule has 5 rings (SSSR count). The van der Waals surface area contributed by atoms with Gasteiger partial charge in [-0.15, -0.1) is 0 Å². The molecule has 0 radical (unpaired) electrons. The third kappa shape index (κ3) is 4.19. The molecule has 0 unspecified atom stereocenters. The standard InChI is InChI=1S/C27H24FN3O4/c1-3-34-23-11-7-8-18-14-21-26(33)31(20-9-5-4-6-10-20)30(27(21)35-25(18)23)16-24(32)29-19-13-12-17(2)22(28)15-19/h4-13,15H,3,14,16H2,1-2H3,(H,29,32). The maximum Gasteiger partial charge on any atom is 0.278 e. The normalized spacial score (nSPS) is 11.9. The molecule has 0 saturated heterocycles. The van der Waals surface area contributed by atoms with Crippen molar-refractivity contribution in [2.45, 2.75) is 26.8 Å². The first kappa shape index (κ1) is 22.5. The smallest absolute Gasteiger partial charge is 0.278 e. The number of rotatable bonds is 6. The Bertz CT molecular complexity index is 1470. The van der Waals surface area contributed by atoms with E-state index in [0.29, 0.717) is 47.0 Å². The highest BCUT2D eigenvalue weighted by Gasteiger charge is 2.30. The van der Waals surface area contributed by atoms with Gasteiger partial charge in [-0.25, -0.2) is 13.8 Å². The Labute approximate surface area is 201 Å². The lowest BCUT2D eigenvalue weighted by Crippen LogP contribution is -2.27. The summed E-state index contributed by atoms with van der Waals surface area (Å²) in [6.45, 7) is 3.77. The van der Waals surface area contributed by atoms with Gasteiger partial charge in [-0.3, -0.25) is 9.59 Å². The average Bonchev–Trinajstić information content (AvgIpc) is 3.11. The van der Waals surface area contributed by atoms with Gasteiger partial charge in [-0.05, 0) is 49.7 Å². The molecule has 35 heavy (non-hydrogen) atoms. The second-order valence-electron chi connectivity index (χ2n) is 8.26. The highest BCUT2D eigenvalue weighted by molar-refractivity contribution is 5.90. The van der Waals surface area contributed by atoms with E-state index in [9.17, 15) is 14.0 Å². The molecule has 1 aliphatic rings. The Morgan fingerprint density at radius 2 is 1.91 bits per heavy atom. The molecular weight excluding hydrogens is 449 g/mol. The van der Waals surface area contributed by atoms with E-state index in [4.69, 9.17) is 9.47 Å². The molecule has 2 heterocycles. The first-order chi connectivity index (χ1) is 17.0. The summed E-state index contributed by atoms with van der Waals surface area (Å²) in [7, 11) is 0. The number of hydrogen-bond donors (Lipinski definition) is 1. The Hall–Kier alpha value is -4.33. The molecule has 7 nitrogen and oxygen atoms in total. The van der Waals surface area contributed by atoms with Crippen LogP contribution in [0, 0.1) is 12.7 Å². The predicted octanol–water partition coefficient (Wildman–Crippen LogP) is 4.82. The van der Waals surface area contributed by atoms with E-state index < -0.39 is 11.7 Å². The predicted molar refractivity (Wildman–Crippen MR) is 130 cm³/mol. The summed E-state index contributed by atoms with van der Waals surface area (Å²) in [6.07, 6.45) is 0.342. The second kappa shape index (κ2) is 9.13. The van der Waals surface area contributed by atoms with Gasteiger partial charge in [0.15, 0.2) is 11.5 Å². The number of nitrogens with zero attached hydrogens (tertiary/aromatic N) is 2. The largest absolute Gasteiger partial charge is 0.490 e. The number of benzene rings is 3. The Kier molecular flexibility index (Phi) is 5.86. The highest BCUT2D eigenvalue weighted by Crippen LogP contribution is 2.42. The maximum atomic E-state index is 14.0. The summed E-state index contributed by atoms with van der Waals surface area (Å²) in [6, 6.07) is 19.1. The van der Waals surface area contributed by atoms with Crippen LogP contribution in [-0.2, 0) is 17.8 Å². The number of carbonyl (C=O) groups excluding carboxylic acids is 1. The zero-order valence-corrected chi connectivity index (χ0v) is 19.4. The summed E-state index contributed by atoms with van der Waals surface area (Å²) in [5.74, 6) is 0.543. The van der Waals surface area contributed by atoms with Crippen molar-refractivity contribution in [3.63, 3.8) is 0 Å². The fourth-order valence-electron chi connectivity index (χ4n) is 4.19. The van der Waals surface area contributed by atoms with Crippen LogP contribution in [0.1, 0.15) is 23.6 Å². The van der Waals surface area contributed by atoms with Gasteiger partial charge in [-0.1, -0.05) is 36.4 Å². The molecule has 1 aromatic heterocycles. The Morgan fingerprint density at radius 1 is 1.11 bits per heavy atom. The van der Waals surface area contributed by atoms with Crippen molar-refractivity contribution in [3.05, 3.63) is 99.6 Å². The van der Waals surface area contributed by atoms with Gasteiger partial charge < -0.3 is 14.8 Å². The van der Waals surface area contributed by atoms with Crippen LogP contribution < -0.4 is 20.3 Å². The Morgan fingerprint density at radius 3 is 2.66 bits per heavy atom. The van der Waals surface area contributed by atoms with Crippen LogP contribution in [-0.4, -0.2) is 21.9 Å². The second-order valence-corrected chi connectivity index (χ2v) is 8.26. The summed E-state index contributed by atoms with van der Waals surface area (Å²) in [5, 5.41) is 2.71. The minimum Gasteiger partial charge on any atom is -0.490 e. The summed E-state index contributed by atoms with van der Waals surface area (Å²) in [4.78, 5) is 26.5. The molecule has 0 bridgehead atoms. The number of hydrogen-bond acceptors (Lipinski definition) is 4. The third-order valence-electron chi connectivity index (χ3n) is 5.86. The first-order valence-electron chi connectivity index (χ1n) is 11.3. The number of halogens is 1. The molecule has 1 amide bonds. The number of anilines is 1. The maximum absolute atomic E-state index is 14.0. The molecular formula is C27H24FN3O4. The topological polar surface area (TPSA) is 74.5 Å². The number of carbonyl (C=O) groups is 1. The number of nitrogens with one attached hydrogen (secondary N) is 1. The van der Waals surface area contributed by atoms with E-state index in [0.717, 1.165) is 5.56 Å². The van der Waals surface area contributed by atoms with Crippen molar-refractivity contribution >= 4 is 11.6 Å². The van der Waals surface area contributed by atoms with Crippen LogP contribution in [0.5, 0.6) is 17.4 Å². The van der Waals surface area contributed by atoms with E-state index in [1.165, 1.54) is 15.4 Å². The molecule has 0 fully saturated rings. The molecule has 0 atom stereocenters. The number of amides is 1. The molecule has 0 spiro atoms. The quantitative estimate of drug-likeness (QED) is 0.384. The van der Waals surface area contributed by atoms with Crippen LogP contribution in [0.25, 0.3) is 5.69 Å². The minimum atomic E-state index is -0.428. The lowest BCUT2D eigenvalue weighted by molar-refractivity contribution is -0.117. The summed E-state index contributed by atoms with van der Waals surface area (Å²) < 4.78 is 28.9. The lowest BCUT2D eigenvalue weighted by atomic mass is 10.0.